The van der Waals surface area contributed by atoms with Gasteiger partial charge in [-0.1, -0.05) is 49.8 Å². The van der Waals surface area contributed by atoms with Gasteiger partial charge in [0.05, 0.1) is 0 Å². The Morgan fingerprint density at radius 1 is 1.17 bits per heavy atom. The number of amides is 1. The van der Waals surface area contributed by atoms with Crippen molar-refractivity contribution in [1.82, 2.24) is 15.3 Å². The maximum Gasteiger partial charge on any atom is 0.225 e. The van der Waals surface area contributed by atoms with Crippen LogP contribution in [0.3, 0.4) is 0 Å². The number of benzene rings is 1. The van der Waals surface area contributed by atoms with Crippen LogP contribution in [0.25, 0.3) is 0 Å². The predicted octanol–water partition coefficient (Wildman–Crippen LogP) is 4.58. The van der Waals surface area contributed by atoms with Crippen molar-refractivity contribution in [1.29, 1.82) is 0 Å². The lowest BCUT2D eigenvalue weighted by Crippen LogP contribution is -2.33. The van der Waals surface area contributed by atoms with Gasteiger partial charge in [0.25, 0.3) is 0 Å². The number of unbranched alkanes of at least 4 members (excludes halogenated alkanes) is 1. The maximum atomic E-state index is 10.2. The molecule has 2 aromatic rings. The van der Waals surface area contributed by atoms with Crippen molar-refractivity contribution in [3.05, 3.63) is 65.0 Å². The van der Waals surface area contributed by atoms with E-state index in [1.807, 2.05) is 38.1 Å². The first-order valence-corrected chi connectivity index (χ1v) is 10.5. The lowest BCUT2D eigenvalue weighted by Gasteiger charge is -2.21. The van der Waals surface area contributed by atoms with Gasteiger partial charge in [-0.15, -0.1) is 0 Å². The number of aromatic nitrogens is 2. The molecule has 6 nitrogen and oxygen atoms in total. The zero-order valence-electron chi connectivity index (χ0n) is 17.4. The van der Waals surface area contributed by atoms with E-state index in [-0.39, 0.29) is 0 Å². The molecule has 1 heterocycles. The van der Waals surface area contributed by atoms with Gasteiger partial charge in [0.1, 0.15) is 4.61 Å². The van der Waals surface area contributed by atoms with Gasteiger partial charge >= 0.3 is 0 Å². The van der Waals surface area contributed by atoms with Gasteiger partial charge in [-0.3, -0.25) is 4.79 Å². The molecule has 0 aliphatic carbocycles. The summed E-state index contributed by atoms with van der Waals surface area (Å²) in [5.41, 5.74) is 2.17. The van der Waals surface area contributed by atoms with Crippen LogP contribution >= 0.6 is 15.9 Å². The maximum absolute atomic E-state index is 10.2. The van der Waals surface area contributed by atoms with Crippen LogP contribution in [0.15, 0.2) is 64.5 Å². The number of nitrogens with one attached hydrogen (secondary N) is 1. The molecule has 0 fully saturated rings. The highest BCUT2D eigenvalue weighted by molar-refractivity contribution is 9.11. The van der Waals surface area contributed by atoms with E-state index in [1.165, 1.54) is 0 Å². The molecule has 0 saturated heterocycles. The van der Waals surface area contributed by atoms with Crippen LogP contribution < -0.4 is 10.2 Å². The summed E-state index contributed by atoms with van der Waals surface area (Å²) >= 11 is 3.35. The molecule has 156 valence electrons. The molecule has 1 N–H and O–H groups in total. The Kier molecular flexibility index (Phi) is 13.0. The molecule has 0 aliphatic rings. The third-order valence-corrected chi connectivity index (χ3v) is 4.57. The van der Waals surface area contributed by atoms with Crippen molar-refractivity contribution in [2.45, 2.75) is 33.6 Å². The first kappa shape index (κ1) is 24.5. The third-order valence-electron chi connectivity index (χ3n) is 3.93. The highest BCUT2D eigenvalue weighted by Crippen LogP contribution is 2.09. The van der Waals surface area contributed by atoms with Crippen LogP contribution in [-0.4, -0.2) is 41.7 Å². The van der Waals surface area contributed by atoms with Crippen molar-refractivity contribution >= 4 is 34.0 Å². The van der Waals surface area contributed by atoms with E-state index in [1.54, 1.807) is 18.5 Å². The van der Waals surface area contributed by atoms with Gasteiger partial charge in [0, 0.05) is 37.7 Å². The molecule has 29 heavy (non-hydrogen) atoms. The van der Waals surface area contributed by atoms with Crippen molar-refractivity contribution < 1.29 is 4.79 Å². The normalized spacial score (nSPS) is 11.3. The van der Waals surface area contributed by atoms with Gasteiger partial charge in [-0.25, -0.2) is 15.0 Å². The van der Waals surface area contributed by atoms with E-state index >= 15 is 0 Å². The quantitative estimate of drug-likeness (QED) is 0.244. The highest BCUT2D eigenvalue weighted by Gasteiger charge is 2.07. The number of hydrogen-bond donors (Lipinski definition) is 1. The molecule has 0 radical (unpaired) electrons. The Bertz CT molecular complexity index is 750. The first-order valence-electron chi connectivity index (χ1n) is 9.73. The zero-order chi connectivity index (χ0) is 21.3. The molecule has 7 heteroatoms. The SMILES string of the molecule is C/C=C(Br)\N=C(/C)c1ccccc1.CCCCN(CCNC=O)c1ncccn1. The second-order valence-corrected chi connectivity index (χ2v) is 6.95. The van der Waals surface area contributed by atoms with Crippen molar-refractivity contribution in [2.24, 2.45) is 4.99 Å². The molecule has 1 amide bonds. The second kappa shape index (κ2) is 15.4. The van der Waals surface area contributed by atoms with Crippen molar-refractivity contribution in [3.8, 4) is 0 Å². The van der Waals surface area contributed by atoms with Crippen molar-refractivity contribution in [2.75, 3.05) is 24.5 Å². The molecule has 1 aromatic carbocycles. The summed E-state index contributed by atoms with van der Waals surface area (Å²) in [6, 6.07) is 11.9. The van der Waals surface area contributed by atoms with E-state index in [2.05, 4.69) is 60.2 Å². The molecule has 0 unspecified atom stereocenters. The van der Waals surface area contributed by atoms with Crippen LogP contribution in [0.2, 0.25) is 0 Å². The van der Waals surface area contributed by atoms with Crippen LogP contribution in [0.4, 0.5) is 5.95 Å². The fourth-order valence-electron chi connectivity index (χ4n) is 2.34. The van der Waals surface area contributed by atoms with Gasteiger partial charge in [-0.2, -0.15) is 0 Å². The minimum absolute atomic E-state index is 0.617. The number of carbonyl (C=O) groups is 1. The highest BCUT2D eigenvalue weighted by atomic mass is 79.9. The second-order valence-electron chi connectivity index (χ2n) is 6.14. The van der Waals surface area contributed by atoms with Gasteiger partial charge < -0.3 is 10.2 Å². The summed E-state index contributed by atoms with van der Waals surface area (Å²) in [6.45, 7) is 8.37. The summed E-state index contributed by atoms with van der Waals surface area (Å²) in [6.07, 6.45) is 8.32. The van der Waals surface area contributed by atoms with Gasteiger partial charge in [0.15, 0.2) is 0 Å². The Hall–Kier alpha value is -2.54. The number of rotatable bonds is 10. The number of nitrogens with zero attached hydrogens (tertiary/aromatic N) is 4. The monoisotopic (exact) mass is 459 g/mol. The third kappa shape index (κ3) is 10.5. The smallest absolute Gasteiger partial charge is 0.225 e. The van der Waals surface area contributed by atoms with Gasteiger partial charge in [-0.05, 0) is 47.8 Å². The lowest BCUT2D eigenvalue weighted by molar-refractivity contribution is -0.109. The predicted molar refractivity (Wildman–Crippen MR) is 125 cm³/mol. The summed E-state index contributed by atoms with van der Waals surface area (Å²) in [7, 11) is 0. The molecule has 0 atom stereocenters. The molecule has 0 saturated carbocycles. The van der Waals surface area contributed by atoms with Gasteiger partial charge in [0.2, 0.25) is 12.4 Å². The average Bonchev–Trinajstić information content (AvgIpc) is 2.77. The fourth-order valence-corrected chi connectivity index (χ4v) is 2.61. The van der Waals surface area contributed by atoms with Crippen LogP contribution in [0.1, 0.15) is 39.2 Å². The molecule has 0 aliphatic heterocycles. The van der Waals surface area contributed by atoms with Crippen LogP contribution in [0.5, 0.6) is 0 Å². The number of allylic oxidation sites excluding steroid dienone is 1. The lowest BCUT2D eigenvalue weighted by atomic mass is 10.1. The topological polar surface area (TPSA) is 70.5 Å². The van der Waals surface area contributed by atoms with E-state index in [9.17, 15) is 4.79 Å². The first-order chi connectivity index (χ1) is 14.1. The van der Waals surface area contributed by atoms with E-state index in [0.29, 0.717) is 13.0 Å². The standard InChI is InChI=1S/C11H12BrN.C11H18N4O/c1-3-11(12)13-9(2)10-7-5-4-6-8-10;1-2-3-8-15(9-7-12-10-16)11-13-5-4-6-14-11/h3-8H,1-2H3;4-6,10H,2-3,7-9H2,1H3,(H,12,16)/b11-3-,13-9+;. The molecule has 0 spiro atoms. The van der Waals surface area contributed by atoms with Crippen LogP contribution in [0, 0.1) is 0 Å². The van der Waals surface area contributed by atoms with E-state index in [4.69, 9.17) is 0 Å². The van der Waals surface area contributed by atoms with Crippen molar-refractivity contribution in [3.63, 3.8) is 0 Å². The Labute approximate surface area is 182 Å². The minimum Gasteiger partial charge on any atom is -0.357 e. The number of aliphatic imine (C=N–C) groups is 1. The fraction of sp³-hybridized carbons (Fsp3) is 0.364. The molecule has 1 aromatic heterocycles. The number of anilines is 1. The minimum atomic E-state index is 0.617. The molecular formula is C22H30BrN5O. The van der Waals surface area contributed by atoms with E-state index in [0.717, 1.165) is 47.8 Å². The zero-order valence-corrected chi connectivity index (χ0v) is 19.0. The molecule has 2 rings (SSSR count). The number of carbonyl (C=O) groups excluding carboxylic acids is 1. The Morgan fingerprint density at radius 3 is 2.45 bits per heavy atom. The Morgan fingerprint density at radius 2 is 1.86 bits per heavy atom. The summed E-state index contributed by atoms with van der Waals surface area (Å²) in [5.74, 6) is 0.726. The van der Waals surface area contributed by atoms with E-state index < -0.39 is 0 Å². The summed E-state index contributed by atoms with van der Waals surface area (Å²) in [4.78, 5) is 25.0. The van der Waals surface area contributed by atoms with Crippen LogP contribution in [-0.2, 0) is 4.79 Å². The molecular weight excluding hydrogens is 430 g/mol. The number of hydrogen-bond acceptors (Lipinski definition) is 5. The largest absolute Gasteiger partial charge is 0.357 e. The molecule has 0 bridgehead atoms. The average molecular weight is 460 g/mol. The number of halogens is 1. The summed E-state index contributed by atoms with van der Waals surface area (Å²) < 4.78 is 0.869. The summed E-state index contributed by atoms with van der Waals surface area (Å²) in [5, 5.41) is 2.65. The Balaban J connectivity index is 0.000000296.